The first kappa shape index (κ1) is 15.3. The SMILES string of the molecule is CN1C=CC(CCc2cccc(-c3ccccc3O)c2)=NC1N. The monoisotopic (exact) mass is 307 g/mol. The number of hydrogen-bond acceptors (Lipinski definition) is 4. The molecule has 0 saturated heterocycles. The molecule has 1 heterocycles. The van der Waals surface area contributed by atoms with Gasteiger partial charge in [0.15, 0.2) is 6.29 Å². The third-order valence-electron chi connectivity index (χ3n) is 4.03. The van der Waals surface area contributed by atoms with E-state index in [1.807, 2.05) is 54.6 Å². The van der Waals surface area contributed by atoms with Crippen molar-refractivity contribution in [3.05, 3.63) is 66.4 Å². The Balaban J connectivity index is 1.73. The van der Waals surface area contributed by atoms with E-state index in [0.717, 1.165) is 29.7 Å². The van der Waals surface area contributed by atoms with E-state index in [4.69, 9.17) is 5.73 Å². The first-order valence-electron chi connectivity index (χ1n) is 7.73. The first-order chi connectivity index (χ1) is 11.1. The highest BCUT2D eigenvalue weighted by molar-refractivity contribution is 5.95. The Morgan fingerprint density at radius 3 is 2.74 bits per heavy atom. The number of phenolic OH excluding ortho intramolecular Hbond substituents is 1. The van der Waals surface area contributed by atoms with Crippen LogP contribution in [0.2, 0.25) is 0 Å². The quantitative estimate of drug-likeness (QED) is 0.912. The van der Waals surface area contributed by atoms with Gasteiger partial charge in [-0.15, -0.1) is 0 Å². The van der Waals surface area contributed by atoms with Gasteiger partial charge in [0.1, 0.15) is 5.75 Å². The number of rotatable bonds is 4. The number of aliphatic imine (C=N–C) groups is 1. The predicted molar refractivity (Wildman–Crippen MR) is 94.2 cm³/mol. The molecule has 0 fully saturated rings. The lowest BCUT2D eigenvalue weighted by atomic mass is 9.99. The lowest BCUT2D eigenvalue weighted by Crippen LogP contribution is -2.36. The van der Waals surface area contributed by atoms with Crippen molar-refractivity contribution in [2.45, 2.75) is 19.1 Å². The number of nitrogens with two attached hydrogens (primary N) is 1. The molecule has 0 aliphatic carbocycles. The van der Waals surface area contributed by atoms with E-state index in [1.54, 1.807) is 6.07 Å². The van der Waals surface area contributed by atoms with E-state index in [2.05, 4.69) is 17.1 Å². The standard InChI is InChI=1S/C19H21N3O/c1-22-12-11-16(21-19(22)20)10-9-14-5-4-6-15(13-14)17-7-2-3-8-18(17)23/h2-8,11-13,19,23H,9-10,20H2,1H3. The summed E-state index contributed by atoms with van der Waals surface area (Å²) in [5.74, 6) is 0.304. The van der Waals surface area contributed by atoms with Gasteiger partial charge in [-0.2, -0.15) is 0 Å². The third-order valence-corrected chi connectivity index (χ3v) is 4.03. The molecule has 0 radical (unpaired) electrons. The summed E-state index contributed by atoms with van der Waals surface area (Å²) in [7, 11) is 1.91. The summed E-state index contributed by atoms with van der Waals surface area (Å²) in [6, 6.07) is 15.7. The minimum Gasteiger partial charge on any atom is -0.507 e. The maximum atomic E-state index is 10.00. The fraction of sp³-hybridized carbons (Fsp3) is 0.211. The Hall–Kier alpha value is -2.59. The highest BCUT2D eigenvalue weighted by atomic mass is 16.3. The van der Waals surface area contributed by atoms with Gasteiger partial charge >= 0.3 is 0 Å². The molecule has 118 valence electrons. The lowest BCUT2D eigenvalue weighted by molar-refractivity contribution is 0.343. The topological polar surface area (TPSA) is 61.8 Å². The second-order valence-electron chi connectivity index (χ2n) is 5.73. The lowest BCUT2D eigenvalue weighted by Gasteiger charge is -2.23. The zero-order valence-electron chi connectivity index (χ0n) is 13.2. The van der Waals surface area contributed by atoms with Gasteiger partial charge in [-0.05, 0) is 36.1 Å². The number of aromatic hydroxyl groups is 1. The van der Waals surface area contributed by atoms with Crippen LogP contribution < -0.4 is 5.73 Å². The summed E-state index contributed by atoms with van der Waals surface area (Å²) in [5.41, 5.74) is 10.0. The molecule has 1 aliphatic heterocycles. The summed E-state index contributed by atoms with van der Waals surface area (Å²) in [6.45, 7) is 0. The van der Waals surface area contributed by atoms with Crippen molar-refractivity contribution in [2.24, 2.45) is 10.7 Å². The predicted octanol–water partition coefficient (Wildman–Crippen LogP) is 3.13. The van der Waals surface area contributed by atoms with Crippen molar-refractivity contribution in [1.82, 2.24) is 4.90 Å². The second kappa shape index (κ2) is 6.67. The van der Waals surface area contributed by atoms with E-state index in [-0.39, 0.29) is 6.29 Å². The smallest absolute Gasteiger partial charge is 0.173 e. The van der Waals surface area contributed by atoms with Crippen LogP contribution in [0, 0.1) is 0 Å². The number of phenols is 1. The normalized spacial score (nSPS) is 17.2. The molecule has 2 aromatic rings. The Bertz CT molecular complexity index is 752. The van der Waals surface area contributed by atoms with Crippen molar-refractivity contribution in [2.75, 3.05) is 7.05 Å². The largest absolute Gasteiger partial charge is 0.507 e. The highest BCUT2D eigenvalue weighted by Gasteiger charge is 2.10. The Kier molecular flexibility index (Phi) is 4.44. The molecular formula is C19H21N3O. The third kappa shape index (κ3) is 3.60. The fourth-order valence-electron chi connectivity index (χ4n) is 2.63. The van der Waals surface area contributed by atoms with E-state index in [1.165, 1.54) is 5.56 Å². The van der Waals surface area contributed by atoms with E-state index in [0.29, 0.717) is 5.75 Å². The van der Waals surface area contributed by atoms with E-state index < -0.39 is 0 Å². The van der Waals surface area contributed by atoms with Crippen LogP contribution in [0.1, 0.15) is 12.0 Å². The molecule has 0 spiro atoms. The number of aryl methyl sites for hydroxylation is 1. The van der Waals surface area contributed by atoms with Gasteiger partial charge in [0.25, 0.3) is 0 Å². The van der Waals surface area contributed by atoms with Crippen molar-refractivity contribution < 1.29 is 5.11 Å². The van der Waals surface area contributed by atoms with Gasteiger partial charge in [0.2, 0.25) is 0 Å². The average molecular weight is 307 g/mol. The van der Waals surface area contributed by atoms with Gasteiger partial charge in [-0.25, -0.2) is 0 Å². The van der Waals surface area contributed by atoms with Crippen LogP contribution in [0.25, 0.3) is 11.1 Å². The number of para-hydroxylation sites is 1. The van der Waals surface area contributed by atoms with Gasteiger partial charge < -0.3 is 10.0 Å². The average Bonchev–Trinajstić information content (AvgIpc) is 2.57. The molecule has 1 unspecified atom stereocenters. The molecule has 0 saturated carbocycles. The molecule has 3 N–H and O–H groups in total. The zero-order valence-corrected chi connectivity index (χ0v) is 13.2. The van der Waals surface area contributed by atoms with E-state index in [9.17, 15) is 5.11 Å². The van der Waals surface area contributed by atoms with Gasteiger partial charge in [0.05, 0.1) is 0 Å². The molecule has 0 bridgehead atoms. The van der Waals surface area contributed by atoms with Crippen molar-refractivity contribution in [1.29, 1.82) is 0 Å². The summed E-state index contributed by atoms with van der Waals surface area (Å²) in [5, 5.41) is 10.00. The molecule has 23 heavy (non-hydrogen) atoms. The van der Waals surface area contributed by atoms with E-state index >= 15 is 0 Å². The summed E-state index contributed by atoms with van der Waals surface area (Å²) in [4.78, 5) is 6.34. The minimum atomic E-state index is -0.289. The molecule has 2 aromatic carbocycles. The number of hydrogen-bond donors (Lipinski definition) is 2. The van der Waals surface area contributed by atoms with Crippen LogP contribution in [-0.4, -0.2) is 29.1 Å². The van der Waals surface area contributed by atoms with Crippen LogP contribution in [0.4, 0.5) is 0 Å². The Morgan fingerprint density at radius 1 is 1.13 bits per heavy atom. The second-order valence-corrected chi connectivity index (χ2v) is 5.73. The minimum absolute atomic E-state index is 0.289. The van der Waals surface area contributed by atoms with Crippen LogP contribution in [-0.2, 0) is 6.42 Å². The number of nitrogens with zero attached hydrogens (tertiary/aromatic N) is 2. The summed E-state index contributed by atoms with van der Waals surface area (Å²) in [6.07, 6.45) is 5.42. The summed E-state index contributed by atoms with van der Waals surface area (Å²) < 4.78 is 0. The van der Waals surface area contributed by atoms with Crippen LogP contribution in [0.5, 0.6) is 5.75 Å². The molecule has 3 rings (SSSR count). The molecule has 1 atom stereocenters. The maximum absolute atomic E-state index is 10.00. The highest BCUT2D eigenvalue weighted by Crippen LogP contribution is 2.29. The molecular weight excluding hydrogens is 286 g/mol. The molecule has 4 heteroatoms. The Morgan fingerprint density at radius 2 is 1.96 bits per heavy atom. The number of allylic oxidation sites excluding steroid dienone is 1. The van der Waals surface area contributed by atoms with Gasteiger partial charge in [-0.3, -0.25) is 10.7 Å². The van der Waals surface area contributed by atoms with Crippen molar-refractivity contribution in [3.63, 3.8) is 0 Å². The maximum Gasteiger partial charge on any atom is 0.173 e. The molecule has 0 aromatic heterocycles. The molecule has 4 nitrogen and oxygen atoms in total. The van der Waals surface area contributed by atoms with Crippen LogP contribution >= 0.6 is 0 Å². The van der Waals surface area contributed by atoms with Gasteiger partial charge in [-0.1, -0.05) is 42.5 Å². The summed E-state index contributed by atoms with van der Waals surface area (Å²) >= 11 is 0. The molecule has 1 aliphatic rings. The van der Waals surface area contributed by atoms with Crippen LogP contribution in [0.3, 0.4) is 0 Å². The van der Waals surface area contributed by atoms with Crippen LogP contribution in [0.15, 0.2) is 65.8 Å². The number of benzene rings is 2. The van der Waals surface area contributed by atoms with Crippen molar-refractivity contribution >= 4 is 5.71 Å². The molecule has 0 amide bonds. The fourth-order valence-corrected chi connectivity index (χ4v) is 2.63. The first-order valence-corrected chi connectivity index (χ1v) is 7.73. The zero-order chi connectivity index (χ0) is 16.2. The van der Waals surface area contributed by atoms with Crippen molar-refractivity contribution in [3.8, 4) is 16.9 Å². The van der Waals surface area contributed by atoms with Gasteiger partial charge in [0, 0.05) is 24.5 Å². The Labute approximate surface area is 136 Å².